The minimum atomic E-state index is -3.56. The highest BCUT2D eigenvalue weighted by atomic mass is 32.2. The highest BCUT2D eigenvalue weighted by Crippen LogP contribution is 2.35. The number of amides is 1. The Morgan fingerprint density at radius 2 is 1.96 bits per heavy atom. The molecule has 2 saturated heterocycles. The van der Waals surface area contributed by atoms with Gasteiger partial charge in [0.05, 0.1) is 11.8 Å². The third-order valence-electron chi connectivity index (χ3n) is 5.20. The number of hydrogen-bond donors (Lipinski definition) is 2. The third kappa shape index (κ3) is 3.69. The molecular weight excluding hydrogens is 344 g/mol. The lowest BCUT2D eigenvalue weighted by Gasteiger charge is -2.54. The number of hydrogen-bond acceptors (Lipinski definition) is 6. The monoisotopic (exact) mass is 374 g/mol. The number of piperidine rings is 1. The molecule has 8 nitrogen and oxygen atoms in total. The van der Waals surface area contributed by atoms with Crippen molar-refractivity contribution in [2.45, 2.75) is 30.3 Å². The molecule has 9 heteroatoms. The van der Waals surface area contributed by atoms with Crippen LogP contribution in [0.1, 0.15) is 19.3 Å². The second-order valence-corrected chi connectivity index (χ2v) is 9.05. The standard InChI is InChI=1S/C16H30N4O4S/c1-4-13-25(23,24)16(18(2)3,14-7-5-6-8-17-14)20-11-9-19(10-12-20)15(21)22/h4,14,17H,1,5-13H2,2-3H3,(H,21,22). The quantitative estimate of drug-likeness (QED) is 0.643. The van der Waals surface area contributed by atoms with Crippen LogP contribution in [0.25, 0.3) is 0 Å². The summed E-state index contributed by atoms with van der Waals surface area (Å²) < 4.78 is 26.8. The van der Waals surface area contributed by atoms with Gasteiger partial charge in [-0.25, -0.2) is 13.2 Å². The molecule has 144 valence electrons. The summed E-state index contributed by atoms with van der Waals surface area (Å²) in [7, 11) is 0.0194. The molecule has 0 spiro atoms. The molecule has 0 saturated carbocycles. The molecule has 2 heterocycles. The highest BCUT2D eigenvalue weighted by Gasteiger charge is 2.56. The van der Waals surface area contributed by atoms with Gasteiger partial charge in [0.25, 0.3) is 0 Å². The predicted octanol–water partition coefficient (Wildman–Crippen LogP) is 0.240. The summed E-state index contributed by atoms with van der Waals surface area (Å²) in [5, 5.41) is 12.6. The summed E-state index contributed by atoms with van der Waals surface area (Å²) in [6, 6.07) is -0.224. The van der Waals surface area contributed by atoms with Gasteiger partial charge in [-0.05, 0) is 33.5 Å². The van der Waals surface area contributed by atoms with E-state index < -0.39 is 20.9 Å². The molecule has 2 unspecified atom stereocenters. The van der Waals surface area contributed by atoms with Crippen molar-refractivity contribution < 1.29 is 18.3 Å². The first-order chi connectivity index (χ1) is 11.8. The minimum Gasteiger partial charge on any atom is -0.465 e. The lowest BCUT2D eigenvalue weighted by molar-refractivity contribution is -0.0245. The van der Waals surface area contributed by atoms with E-state index in [4.69, 9.17) is 0 Å². The van der Waals surface area contributed by atoms with Crippen LogP contribution in [0.15, 0.2) is 12.7 Å². The van der Waals surface area contributed by atoms with E-state index in [1.165, 1.54) is 11.0 Å². The molecule has 2 fully saturated rings. The van der Waals surface area contributed by atoms with Crippen molar-refractivity contribution in [3.63, 3.8) is 0 Å². The Morgan fingerprint density at radius 3 is 2.40 bits per heavy atom. The normalized spacial score (nSPS) is 25.6. The molecule has 0 aliphatic carbocycles. The Bertz CT molecular complexity index is 581. The van der Waals surface area contributed by atoms with Gasteiger partial charge in [0.1, 0.15) is 0 Å². The molecule has 1 amide bonds. The Labute approximate surface area is 150 Å². The first-order valence-electron chi connectivity index (χ1n) is 8.74. The van der Waals surface area contributed by atoms with Gasteiger partial charge >= 0.3 is 6.09 Å². The summed E-state index contributed by atoms with van der Waals surface area (Å²) in [5.74, 6) is -0.109. The van der Waals surface area contributed by atoms with E-state index in [2.05, 4.69) is 11.9 Å². The molecule has 0 radical (unpaired) electrons. The highest BCUT2D eigenvalue weighted by molar-refractivity contribution is 7.92. The van der Waals surface area contributed by atoms with Gasteiger partial charge in [-0.3, -0.25) is 9.80 Å². The fraction of sp³-hybridized carbons (Fsp3) is 0.812. The van der Waals surface area contributed by atoms with E-state index >= 15 is 0 Å². The average molecular weight is 375 g/mol. The van der Waals surface area contributed by atoms with Crippen LogP contribution in [0.3, 0.4) is 0 Å². The predicted molar refractivity (Wildman–Crippen MR) is 97.2 cm³/mol. The van der Waals surface area contributed by atoms with E-state index in [1.807, 2.05) is 4.90 Å². The van der Waals surface area contributed by atoms with Crippen molar-refractivity contribution in [1.82, 2.24) is 20.0 Å². The molecule has 2 aliphatic rings. The number of piperazine rings is 1. The Hall–Kier alpha value is -1.16. The molecular formula is C16H30N4O4S. The van der Waals surface area contributed by atoms with Gasteiger partial charge in [0.15, 0.2) is 14.8 Å². The molecule has 0 bridgehead atoms. The second-order valence-electron chi connectivity index (χ2n) is 6.88. The Kier molecular flexibility index (Phi) is 6.47. The number of rotatable bonds is 6. The smallest absolute Gasteiger partial charge is 0.407 e. The van der Waals surface area contributed by atoms with Crippen LogP contribution in [-0.4, -0.2) is 97.9 Å². The fourth-order valence-corrected chi connectivity index (χ4v) is 6.50. The number of carbonyl (C=O) groups is 1. The van der Waals surface area contributed by atoms with Gasteiger partial charge in [0.2, 0.25) is 0 Å². The van der Waals surface area contributed by atoms with Gasteiger partial charge in [-0.1, -0.05) is 12.5 Å². The van der Waals surface area contributed by atoms with Gasteiger partial charge < -0.3 is 15.3 Å². The lowest BCUT2D eigenvalue weighted by atomic mass is 9.99. The summed E-state index contributed by atoms with van der Waals surface area (Å²) in [5.41, 5.74) is 0. The second kappa shape index (κ2) is 8.03. The maximum absolute atomic E-state index is 13.4. The molecule has 2 aliphatic heterocycles. The van der Waals surface area contributed by atoms with Crippen LogP contribution in [0, 0.1) is 0 Å². The van der Waals surface area contributed by atoms with Crippen LogP contribution in [0.4, 0.5) is 4.79 Å². The number of nitrogens with one attached hydrogen (secondary N) is 1. The maximum atomic E-state index is 13.4. The number of carboxylic acid groups (broad SMARTS) is 1. The first-order valence-corrected chi connectivity index (χ1v) is 10.4. The van der Waals surface area contributed by atoms with E-state index in [1.54, 1.807) is 19.0 Å². The summed E-state index contributed by atoms with van der Waals surface area (Å²) in [6.07, 6.45) is 3.26. The van der Waals surface area contributed by atoms with Crippen LogP contribution < -0.4 is 5.32 Å². The zero-order valence-corrected chi connectivity index (χ0v) is 16.0. The third-order valence-corrected chi connectivity index (χ3v) is 7.70. The maximum Gasteiger partial charge on any atom is 0.407 e. The minimum absolute atomic E-state index is 0.109. The van der Waals surface area contributed by atoms with Crippen molar-refractivity contribution in [1.29, 1.82) is 0 Å². The number of nitrogens with zero attached hydrogens (tertiary/aromatic N) is 3. The SMILES string of the molecule is C=CCS(=O)(=O)C(C1CCCCN1)(N(C)C)N1CCN(C(=O)O)CC1. The number of likely N-dealkylation sites (N-methyl/N-ethyl adjacent to an activating group) is 1. The topological polar surface area (TPSA) is 93.2 Å². The van der Waals surface area contributed by atoms with E-state index in [9.17, 15) is 18.3 Å². The molecule has 0 aromatic carbocycles. The molecule has 25 heavy (non-hydrogen) atoms. The van der Waals surface area contributed by atoms with Crippen molar-refractivity contribution in [2.75, 3.05) is 52.6 Å². The van der Waals surface area contributed by atoms with Crippen molar-refractivity contribution >= 4 is 15.9 Å². The molecule has 0 aromatic rings. The van der Waals surface area contributed by atoms with Crippen LogP contribution in [0.2, 0.25) is 0 Å². The van der Waals surface area contributed by atoms with E-state index in [0.29, 0.717) is 26.2 Å². The van der Waals surface area contributed by atoms with Gasteiger partial charge in [0, 0.05) is 26.2 Å². The zero-order chi connectivity index (χ0) is 18.7. The largest absolute Gasteiger partial charge is 0.465 e. The Balaban J connectivity index is 2.43. The molecule has 2 rings (SSSR count). The summed E-state index contributed by atoms with van der Waals surface area (Å²) >= 11 is 0. The van der Waals surface area contributed by atoms with Crippen molar-refractivity contribution in [2.24, 2.45) is 0 Å². The van der Waals surface area contributed by atoms with Crippen molar-refractivity contribution in [3.8, 4) is 0 Å². The zero-order valence-electron chi connectivity index (χ0n) is 15.1. The molecule has 0 aromatic heterocycles. The fourth-order valence-electron chi connectivity index (χ4n) is 4.18. The van der Waals surface area contributed by atoms with Gasteiger partial charge in [-0.2, -0.15) is 0 Å². The van der Waals surface area contributed by atoms with E-state index in [-0.39, 0.29) is 11.8 Å². The summed E-state index contributed by atoms with van der Waals surface area (Å²) in [4.78, 5) is 15.1. The first kappa shape index (κ1) is 20.2. The summed E-state index contributed by atoms with van der Waals surface area (Å²) in [6.45, 7) is 5.80. The van der Waals surface area contributed by atoms with Crippen LogP contribution >= 0.6 is 0 Å². The van der Waals surface area contributed by atoms with Crippen LogP contribution in [-0.2, 0) is 9.84 Å². The van der Waals surface area contributed by atoms with Crippen molar-refractivity contribution in [3.05, 3.63) is 12.7 Å². The Morgan fingerprint density at radius 1 is 1.32 bits per heavy atom. The van der Waals surface area contributed by atoms with E-state index in [0.717, 1.165) is 25.8 Å². The average Bonchev–Trinajstić information content (AvgIpc) is 2.56. The van der Waals surface area contributed by atoms with Gasteiger partial charge in [-0.15, -0.1) is 6.58 Å². The lowest BCUT2D eigenvalue weighted by Crippen LogP contribution is -2.75. The molecule has 2 atom stereocenters. The molecule has 2 N–H and O–H groups in total. The van der Waals surface area contributed by atoms with Crippen LogP contribution in [0.5, 0.6) is 0 Å². The number of sulfone groups is 1.